The summed E-state index contributed by atoms with van der Waals surface area (Å²) in [4.78, 5) is 34.3. The molecule has 0 unspecified atom stereocenters. The van der Waals surface area contributed by atoms with E-state index in [1.807, 2.05) is 11.0 Å². The Balaban J connectivity index is 1.34. The third-order valence-corrected chi connectivity index (χ3v) is 6.17. The van der Waals surface area contributed by atoms with Crippen LogP contribution in [0.3, 0.4) is 0 Å². The Hall–Kier alpha value is -2.59. The second kappa shape index (κ2) is 7.20. The number of halogens is 1. The second-order valence-electron chi connectivity index (χ2n) is 6.17. The fourth-order valence-electron chi connectivity index (χ4n) is 2.75. The Morgan fingerprint density at radius 3 is 2.89 bits per heavy atom. The standard InChI is InChI=1S/C17H16FN5O2S2/c1-19-13(24)5-10-8-26-16(20-10)22-15(25)9-6-23(7-9)17-21-14-11(18)3-2-4-12(14)27-17/h2-4,8-9H,5-7H2,1H3,(H,19,24)(H,20,22,25). The first-order chi connectivity index (χ1) is 13.0. The van der Waals surface area contributed by atoms with Gasteiger partial charge in [0.15, 0.2) is 10.3 Å². The number of anilines is 2. The minimum atomic E-state index is -0.332. The molecule has 2 N–H and O–H groups in total. The molecular weight excluding hydrogens is 389 g/mol. The molecule has 3 aromatic rings. The molecule has 0 radical (unpaired) electrons. The van der Waals surface area contributed by atoms with Crippen LogP contribution in [-0.2, 0) is 16.0 Å². The number of nitrogens with one attached hydrogen (secondary N) is 2. The molecule has 1 aromatic carbocycles. The van der Waals surface area contributed by atoms with Crippen LogP contribution in [-0.4, -0.2) is 41.9 Å². The number of nitrogens with zero attached hydrogens (tertiary/aromatic N) is 3. The summed E-state index contributed by atoms with van der Waals surface area (Å²) < 4.78 is 14.6. The predicted octanol–water partition coefficient (Wildman–Crippen LogP) is 2.26. The smallest absolute Gasteiger partial charge is 0.232 e. The molecule has 0 aliphatic carbocycles. The first-order valence-corrected chi connectivity index (χ1v) is 9.99. The van der Waals surface area contributed by atoms with E-state index in [0.29, 0.717) is 29.4 Å². The number of thiazole rings is 2. The Kier molecular flexibility index (Phi) is 4.75. The highest BCUT2D eigenvalue weighted by molar-refractivity contribution is 7.22. The van der Waals surface area contributed by atoms with E-state index in [4.69, 9.17) is 0 Å². The van der Waals surface area contributed by atoms with Crippen molar-refractivity contribution in [3.05, 3.63) is 35.1 Å². The van der Waals surface area contributed by atoms with E-state index in [1.54, 1.807) is 18.5 Å². The van der Waals surface area contributed by atoms with Gasteiger partial charge in [-0.25, -0.2) is 14.4 Å². The maximum Gasteiger partial charge on any atom is 0.232 e. The molecule has 140 valence electrons. The van der Waals surface area contributed by atoms with E-state index in [2.05, 4.69) is 20.6 Å². The van der Waals surface area contributed by atoms with Gasteiger partial charge >= 0.3 is 0 Å². The van der Waals surface area contributed by atoms with Crippen LogP contribution < -0.4 is 15.5 Å². The Morgan fingerprint density at radius 2 is 2.15 bits per heavy atom. The SMILES string of the molecule is CNC(=O)Cc1csc(NC(=O)C2CN(c3nc4c(F)cccc4s3)C2)n1. The van der Waals surface area contributed by atoms with E-state index in [-0.39, 0.29) is 30.0 Å². The zero-order valence-corrected chi connectivity index (χ0v) is 16.0. The molecule has 0 spiro atoms. The lowest BCUT2D eigenvalue weighted by molar-refractivity contribution is -0.121. The largest absolute Gasteiger partial charge is 0.359 e. The lowest BCUT2D eigenvalue weighted by atomic mass is 10.0. The highest BCUT2D eigenvalue weighted by atomic mass is 32.1. The molecule has 0 atom stereocenters. The average molecular weight is 405 g/mol. The lowest BCUT2D eigenvalue weighted by Gasteiger charge is -2.37. The normalized spacial score (nSPS) is 14.2. The number of carbonyl (C=O) groups is 2. The van der Waals surface area contributed by atoms with Gasteiger partial charge in [-0.15, -0.1) is 11.3 Å². The van der Waals surface area contributed by atoms with Gasteiger partial charge in [0.25, 0.3) is 0 Å². The zero-order chi connectivity index (χ0) is 19.0. The van der Waals surface area contributed by atoms with Crippen LogP contribution in [0.4, 0.5) is 14.7 Å². The molecule has 4 rings (SSSR count). The number of hydrogen-bond acceptors (Lipinski definition) is 7. The minimum absolute atomic E-state index is 0.112. The maximum absolute atomic E-state index is 13.8. The number of amides is 2. The first kappa shape index (κ1) is 17.8. The second-order valence-corrected chi connectivity index (χ2v) is 8.04. The molecule has 27 heavy (non-hydrogen) atoms. The summed E-state index contributed by atoms with van der Waals surface area (Å²) in [7, 11) is 1.57. The van der Waals surface area contributed by atoms with Crippen molar-refractivity contribution in [3.8, 4) is 0 Å². The number of carbonyl (C=O) groups excluding carboxylic acids is 2. The van der Waals surface area contributed by atoms with Crippen molar-refractivity contribution < 1.29 is 14.0 Å². The van der Waals surface area contributed by atoms with Gasteiger partial charge in [0.05, 0.1) is 22.7 Å². The van der Waals surface area contributed by atoms with Gasteiger partial charge in [-0.2, -0.15) is 0 Å². The molecule has 1 aliphatic rings. The Morgan fingerprint density at radius 1 is 1.33 bits per heavy atom. The van der Waals surface area contributed by atoms with Crippen LogP contribution in [0.2, 0.25) is 0 Å². The number of benzene rings is 1. The van der Waals surface area contributed by atoms with Crippen molar-refractivity contribution in [1.29, 1.82) is 0 Å². The van der Waals surface area contributed by atoms with E-state index in [9.17, 15) is 14.0 Å². The Labute approximate surface area is 162 Å². The van der Waals surface area contributed by atoms with Gasteiger partial charge < -0.3 is 15.5 Å². The summed E-state index contributed by atoms with van der Waals surface area (Å²) in [5.41, 5.74) is 0.998. The lowest BCUT2D eigenvalue weighted by Crippen LogP contribution is -2.52. The molecule has 3 heterocycles. The van der Waals surface area contributed by atoms with Crippen molar-refractivity contribution in [3.63, 3.8) is 0 Å². The minimum Gasteiger partial charge on any atom is -0.359 e. The van der Waals surface area contributed by atoms with E-state index in [0.717, 1.165) is 9.83 Å². The van der Waals surface area contributed by atoms with Gasteiger partial charge in [0.1, 0.15) is 11.3 Å². The van der Waals surface area contributed by atoms with Crippen molar-refractivity contribution in [2.45, 2.75) is 6.42 Å². The molecule has 0 bridgehead atoms. The number of aromatic nitrogens is 2. The number of para-hydroxylation sites is 1. The zero-order valence-electron chi connectivity index (χ0n) is 14.4. The number of fused-ring (bicyclic) bond motifs is 1. The molecule has 2 amide bonds. The van der Waals surface area contributed by atoms with Crippen LogP contribution in [0, 0.1) is 11.7 Å². The van der Waals surface area contributed by atoms with Gasteiger partial charge in [-0.1, -0.05) is 17.4 Å². The molecule has 1 fully saturated rings. The van der Waals surface area contributed by atoms with Gasteiger partial charge in [0.2, 0.25) is 11.8 Å². The summed E-state index contributed by atoms with van der Waals surface area (Å²) in [6, 6.07) is 4.89. The van der Waals surface area contributed by atoms with Gasteiger partial charge in [-0.3, -0.25) is 9.59 Å². The first-order valence-electron chi connectivity index (χ1n) is 8.29. The molecule has 1 aliphatic heterocycles. The summed E-state index contributed by atoms with van der Waals surface area (Å²) in [5.74, 6) is -0.742. The highest BCUT2D eigenvalue weighted by Crippen LogP contribution is 2.34. The van der Waals surface area contributed by atoms with Crippen LogP contribution in [0.25, 0.3) is 10.2 Å². The van der Waals surface area contributed by atoms with Crippen molar-refractivity contribution in [2.75, 3.05) is 30.4 Å². The van der Waals surface area contributed by atoms with Crippen LogP contribution in [0.1, 0.15) is 5.69 Å². The molecular formula is C17H16FN5O2S2. The molecule has 10 heteroatoms. The summed E-state index contributed by atoms with van der Waals surface area (Å²) in [6.45, 7) is 1.06. The van der Waals surface area contributed by atoms with Crippen molar-refractivity contribution in [2.24, 2.45) is 5.92 Å². The Bertz CT molecular complexity index is 1010. The molecule has 2 aromatic heterocycles. The van der Waals surface area contributed by atoms with Crippen molar-refractivity contribution >= 4 is 55.0 Å². The quantitative estimate of drug-likeness (QED) is 0.680. The van der Waals surface area contributed by atoms with E-state index < -0.39 is 0 Å². The fraction of sp³-hybridized carbons (Fsp3) is 0.294. The topological polar surface area (TPSA) is 87.2 Å². The average Bonchev–Trinajstić information content (AvgIpc) is 3.21. The molecule has 1 saturated heterocycles. The summed E-state index contributed by atoms with van der Waals surface area (Å²) in [6.07, 6.45) is 0.189. The van der Waals surface area contributed by atoms with Crippen molar-refractivity contribution in [1.82, 2.24) is 15.3 Å². The number of rotatable bonds is 5. The summed E-state index contributed by atoms with van der Waals surface area (Å²) in [5, 5.41) is 8.30. The fourth-order valence-corrected chi connectivity index (χ4v) is 4.46. The third kappa shape index (κ3) is 3.62. The maximum atomic E-state index is 13.8. The van der Waals surface area contributed by atoms with Crippen LogP contribution in [0.5, 0.6) is 0 Å². The van der Waals surface area contributed by atoms with Gasteiger partial charge in [0, 0.05) is 25.5 Å². The summed E-state index contributed by atoms with van der Waals surface area (Å²) >= 11 is 2.71. The van der Waals surface area contributed by atoms with Gasteiger partial charge in [-0.05, 0) is 12.1 Å². The van der Waals surface area contributed by atoms with E-state index in [1.165, 1.54) is 28.7 Å². The highest BCUT2D eigenvalue weighted by Gasteiger charge is 2.35. The van der Waals surface area contributed by atoms with Crippen LogP contribution >= 0.6 is 22.7 Å². The molecule has 7 nitrogen and oxygen atoms in total. The van der Waals surface area contributed by atoms with E-state index >= 15 is 0 Å². The number of hydrogen-bond donors (Lipinski definition) is 2. The number of likely N-dealkylation sites (N-methyl/N-ethyl adjacent to an activating group) is 1. The molecule has 0 saturated carbocycles. The third-order valence-electron chi connectivity index (χ3n) is 4.28. The van der Waals surface area contributed by atoms with Crippen LogP contribution in [0.15, 0.2) is 23.6 Å². The predicted molar refractivity (Wildman–Crippen MR) is 104 cm³/mol. The monoisotopic (exact) mass is 405 g/mol.